The van der Waals surface area contributed by atoms with Gasteiger partial charge in [-0.25, -0.2) is 0 Å². The molecule has 0 bridgehead atoms. The van der Waals surface area contributed by atoms with E-state index in [0.29, 0.717) is 31.1 Å². The van der Waals surface area contributed by atoms with E-state index in [2.05, 4.69) is 10.6 Å². The van der Waals surface area contributed by atoms with Gasteiger partial charge >= 0.3 is 0 Å². The fourth-order valence-corrected chi connectivity index (χ4v) is 3.90. The normalized spacial score (nSPS) is 18.4. The number of hydrogen-bond donors (Lipinski definition) is 2. The second kappa shape index (κ2) is 9.42. The molecule has 2 aliphatic rings. The van der Waals surface area contributed by atoms with Gasteiger partial charge in [0.1, 0.15) is 6.04 Å². The number of nitrogens with zero attached hydrogens (tertiary/aromatic N) is 1. The largest absolute Gasteiger partial charge is 0.354 e. The van der Waals surface area contributed by atoms with Gasteiger partial charge in [-0.2, -0.15) is 0 Å². The van der Waals surface area contributed by atoms with E-state index in [9.17, 15) is 14.4 Å². The minimum absolute atomic E-state index is 0.0263. The summed E-state index contributed by atoms with van der Waals surface area (Å²) < 4.78 is 0. The van der Waals surface area contributed by atoms with Crippen LogP contribution >= 0.6 is 0 Å². The molecule has 2 fully saturated rings. The third-order valence-corrected chi connectivity index (χ3v) is 5.89. The molecule has 1 atom stereocenters. The summed E-state index contributed by atoms with van der Waals surface area (Å²) in [4.78, 5) is 40.1. The van der Waals surface area contributed by atoms with Crippen LogP contribution in [0.4, 0.5) is 0 Å². The lowest BCUT2D eigenvalue weighted by Crippen LogP contribution is -2.54. The molecule has 1 saturated carbocycles. The van der Waals surface area contributed by atoms with Crippen molar-refractivity contribution in [2.75, 3.05) is 19.6 Å². The van der Waals surface area contributed by atoms with E-state index < -0.39 is 6.04 Å². The highest BCUT2D eigenvalue weighted by atomic mass is 16.2. The lowest BCUT2D eigenvalue weighted by Gasteiger charge is -2.36. The molecule has 3 amide bonds. The standard InChI is InChI=1S/C23H33N3O3/c1-15(2)14-24-22(28)20(25-21(27)19-7-5-4-6-16(19)3)17-10-12-26(13-11-17)23(29)18-8-9-18/h4-7,15,17-18,20H,8-14H2,1-3H3,(H,24,28)(H,25,27)/t20-/m0/s1. The van der Waals surface area contributed by atoms with Crippen LogP contribution in [-0.2, 0) is 9.59 Å². The van der Waals surface area contributed by atoms with Gasteiger partial charge in [0, 0.05) is 31.1 Å². The molecule has 6 nitrogen and oxygen atoms in total. The third-order valence-electron chi connectivity index (χ3n) is 5.89. The molecule has 3 rings (SSSR count). The molecule has 158 valence electrons. The van der Waals surface area contributed by atoms with Gasteiger partial charge in [-0.1, -0.05) is 32.0 Å². The average Bonchev–Trinajstić information content (AvgIpc) is 3.55. The molecule has 0 unspecified atom stereocenters. The van der Waals surface area contributed by atoms with Gasteiger partial charge in [0.25, 0.3) is 5.91 Å². The van der Waals surface area contributed by atoms with Crippen molar-refractivity contribution in [3.05, 3.63) is 35.4 Å². The lowest BCUT2D eigenvalue weighted by atomic mass is 9.88. The molecular weight excluding hydrogens is 366 g/mol. The van der Waals surface area contributed by atoms with Crippen LogP contribution in [0.15, 0.2) is 24.3 Å². The highest BCUT2D eigenvalue weighted by Crippen LogP contribution is 2.33. The van der Waals surface area contributed by atoms with Crippen molar-refractivity contribution in [3.8, 4) is 0 Å². The van der Waals surface area contributed by atoms with Crippen LogP contribution in [0, 0.1) is 24.7 Å². The van der Waals surface area contributed by atoms with Crippen molar-refractivity contribution in [2.45, 2.75) is 52.5 Å². The number of rotatable bonds is 7. The van der Waals surface area contributed by atoms with Gasteiger partial charge in [-0.3, -0.25) is 14.4 Å². The van der Waals surface area contributed by atoms with Crippen molar-refractivity contribution in [1.29, 1.82) is 0 Å². The summed E-state index contributed by atoms with van der Waals surface area (Å²) in [5, 5.41) is 5.97. The zero-order valence-electron chi connectivity index (χ0n) is 17.7. The average molecular weight is 400 g/mol. The Morgan fingerprint density at radius 1 is 1.07 bits per heavy atom. The predicted molar refractivity (Wildman–Crippen MR) is 112 cm³/mol. The number of carbonyl (C=O) groups is 3. The maximum atomic E-state index is 12.9. The van der Waals surface area contributed by atoms with Crippen LogP contribution in [-0.4, -0.2) is 48.3 Å². The Hall–Kier alpha value is -2.37. The Morgan fingerprint density at radius 3 is 2.31 bits per heavy atom. The Bertz CT molecular complexity index is 749. The van der Waals surface area contributed by atoms with Crippen LogP contribution in [0.5, 0.6) is 0 Å². The second-order valence-electron chi connectivity index (χ2n) is 8.84. The monoisotopic (exact) mass is 399 g/mol. The first-order chi connectivity index (χ1) is 13.9. The van der Waals surface area contributed by atoms with Crippen LogP contribution in [0.2, 0.25) is 0 Å². The van der Waals surface area contributed by atoms with Gasteiger partial charge in [0.2, 0.25) is 11.8 Å². The first-order valence-electron chi connectivity index (χ1n) is 10.8. The minimum Gasteiger partial charge on any atom is -0.354 e. The Kier molecular flexibility index (Phi) is 6.93. The minimum atomic E-state index is -0.584. The topological polar surface area (TPSA) is 78.5 Å². The summed E-state index contributed by atoms with van der Waals surface area (Å²) in [6.07, 6.45) is 3.47. The molecule has 1 aromatic rings. The summed E-state index contributed by atoms with van der Waals surface area (Å²) in [5.74, 6) is 0.491. The molecule has 1 aromatic carbocycles. The molecule has 1 heterocycles. The highest BCUT2D eigenvalue weighted by Gasteiger charge is 2.38. The van der Waals surface area contributed by atoms with Gasteiger partial charge in [-0.05, 0) is 56.1 Å². The summed E-state index contributed by atoms with van der Waals surface area (Å²) in [6, 6.07) is 6.82. The zero-order chi connectivity index (χ0) is 21.0. The third kappa shape index (κ3) is 5.58. The van der Waals surface area contributed by atoms with Gasteiger partial charge in [-0.15, -0.1) is 0 Å². The number of piperidine rings is 1. The first-order valence-corrected chi connectivity index (χ1v) is 10.8. The van der Waals surface area contributed by atoms with Crippen molar-refractivity contribution < 1.29 is 14.4 Å². The first kappa shape index (κ1) is 21.3. The molecule has 1 aliphatic carbocycles. The number of benzene rings is 1. The number of amides is 3. The zero-order valence-corrected chi connectivity index (χ0v) is 17.7. The lowest BCUT2D eigenvalue weighted by molar-refractivity contribution is -0.134. The van der Waals surface area contributed by atoms with E-state index in [1.807, 2.05) is 43.9 Å². The van der Waals surface area contributed by atoms with Crippen molar-refractivity contribution >= 4 is 17.7 Å². The maximum absolute atomic E-state index is 12.9. The summed E-state index contributed by atoms with van der Waals surface area (Å²) in [5.41, 5.74) is 1.48. The van der Waals surface area contributed by atoms with E-state index in [-0.39, 0.29) is 29.6 Å². The van der Waals surface area contributed by atoms with E-state index in [4.69, 9.17) is 0 Å². The number of carbonyl (C=O) groups excluding carboxylic acids is 3. The van der Waals surface area contributed by atoms with E-state index in [1.54, 1.807) is 6.07 Å². The number of aryl methyl sites for hydroxylation is 1. The SMILES string of the molecule is Cc1ccccc1C(=O)N[C@H](C(=O)NCC(C)C)C1CCN(C(=O)C2CC2)CC1. The molecule has 2 N–H and O–H groups in total. The molecule has 1 aliphatic heterocycles. The molecular formula is C23H33N3O3. The van der Waals surface area contributed by atoms with E-state index in [0.717, 1.165) is 31.2 Å². The van der Waals surface area contributed by atoms with Gasteiger partial charge in [0.05, 0.1) is 0 Å². The summed E-state index contributed by atoms with van der Waals surface area (Å²) >= 11 is 0. The quantitative estimate of drug-likeness (QED) is 0.739. The summed E-state index contributed by atoms with van der Waals surface area (Å²) in [6.45, 7) is 7.88. The van der Waals surface area contributed by atoms with Crippen LogP contribution in [0.1, 0.15) is 55.5 Å². The van der Waals surface area contributed by atoms with E-state index >= 15 is 0 Å². The van der Waals surface area contributed by atoms with Crippen LogP contribution in [0.25, 0.3) is 0 Å². The van der Waals surface area contributed by atoms with Crippen LogP contribution < -0.4 is 10.6 Å². The summed E-state index contributed by atoms with van der Waals surface area (Å²) in [7, 11) is 0. The fraction of sp³-hybridized carbons (Fsp3) is 0.609. The smallest absolute Gasteiger partial charge is 0.252 e. The Balaban J connectivity index is 1.67. The van der Waals surface area contributed by atoms with E-state index in [1.165, 1.54) is 0 Å². The number of nitrogens with one attached hydrogen (secondary N) is 2. The molecule has 29 heavy (non-hydrogen) atoms. The second-order valence-corrected chi connectivity index (χ2v) is 8.84. The molecule has 6 heteroatoms. The fourth-order valence-electron chi connectivity index (χ4n) is 3.90. The van der Waals surface area contributed by atoms with Gasteiger partial charge in [0.15, 0.2) is 0 Å². The number of likely N-dealkylation sites (tertiary alicyclic amines) is 1. The molecule has 0 spiro atoms. The highest BCUT2D eigenvalue weighted by molar-refractivity contribution is 5.98. The predicted octanol–water partition coefficient (Wildman–Crippen LogP) is 2.51. The Labute approximate surface area is 173 Å². The van der Waals surface area contributed by atoms with Crippen molar-refractivity contribution in [2.24, 2.45) is 17.8 Å². The van der Waals surface area contributed by atoms with Crippen molar-refractivity contribution in [3.63, 3.8) is 0 Å². The molecule has 0 aromatic heterocycles. The Morgan fingerprint density at radius 2 is 1.72 bits per heavy atom. The molecule has 0 radical (unpaired) electrons. The van der Waals surface area contributed by atoms with Gasteiger partial charge < -0.3 is 15.5 Å². The number of hydrogen-bond acceptors (Lipinski definition) is 3. The molecule has 1 saturated heterocycles. The maximum Gasteiger partial charge on any atom is 0.252 e. The van der Waals surface area contributed by atoms with Crippen LogP contribution in [0.3, 0.4) is 0 Å². The van der Waals surface area contributed by atoms with Crippen molar-refractivity contribution in [1.82, 2.24) is 15.5 Å².